The highest BCUT2D eigenvalue weighted by molar-refractivity contribution is 5.12. The van der Waals surface area contributed by atoms with Crippen LogP contribution in [0.25, 0.3) is 0 Å². The molecule has 24 heavy (non-hydrogen) atoms. The van der Waals surface area contributed by atoms with E-state index >= 15 is 0 Å². The normalized spacial score (nSPS) is 24.5. The van der Waals surface area contributed by atoms with Gasteiger partial charge in [-0.2, -0.15) is 5.10 Å². The molecular formula is C19H26N4O. The van der Waals surface area contributed by atoms with Gasteiger partial charge in [0.05, 0.1) is 12.3 Å². The number of hydrogen-bond donors (Lipinski definition) is 0. The molecule has 0 unspecified atom stereocenters. The molecule has 0 aromatic carbocycles. The van der Waals surface area contributed by atoms with E-state index in [1.807, 2.05) is 36.4 Å². The van der Waals surface area contributed by atoms with Crippen molar-refractivity contribution in [2.75, 3.05) is 13.2 Å². The molecule has 2 atom stereocenters. The van der Waals surface area contributed by atoms with Gasteiger partial charge in [-0.15, -0.1) is 0 Å². The van der Waals surface area contributed by atoms with E-state index in [-0.39, 0.29) is 0 Å². The Bertz CT molecular complexity index is 652. The van der Waals surface area contributed by atoms with Crippen LogP contribution in [0.3, 0.4) is 0 Å². The third-order valence-electron chi connectivity index (χ3n) is 5.15. The molecule has 0 N–H and O–H groups in total. The zero-order valence-electron chi connectivity index (χ0n) is 14.3. The molecule has 0 bridgehead atoms. The van der Waals surface area contributed by atoms with Crippen LogP contribution in [0, 0.1) is 5.92 Å². The van der Waals surface area contributed by atoms with E-state index in [2.05, 4.69) is 27.2 Å². The highest BCUT2D eigenvalue weighted by Crippen LogP contribution is 2.32. The minimum absolute atomic E-state index is 0.336. The Morgan fingerprint density at radius 2 is 2.12 bits per heavy atom. The summed E-state index contributed by atoms with van der Waals surface area (Å²) in [6.07, 6.45) is 13.1. The van der Waals surface area contributed by atoms with Gasteiger partial charge in [-0.05, 0) is 48.8 Å². The van der Waals surface area contributed by atoms with Crippen LogP contribution < -0.4 is 0 Å². The van der Waals surface area contributed by atoms with Crippen molar-refractivity contribution < 1.29 is 4.74 Å². The molecular weight excluding hydrogens is 300 g/mol. The van der Waals surface area contributed by atoms with Crippen LogP contribution in [0.5, 0.6) is 0 Å². The van der Waals surface area contributed by atoms with E-state index in [1.54, 1.807) is 0 Å². The van der Waals surface area contributed by atoms with Gasteiger partial charge in [0, 0.05) is 51.4 Å². The summed E-state index contributed by atoms with van der Waals surface area (Å²) >= 11 is 0. The second-order valence-electron chi connectivity index (χ2n) is 7.23. The molecule has 1 aliphatic carbocycles. The van der Waals surface area contributed by atoms with E-state index in [9.17, 15) is 0 Å². The van der Waals surface area contributed by atoms with Gasteiger partial charge in [0.25, 0.3) is 0 Å². The highest BCUT2D eigenvalue weighted by Gasteiger charge is 2.36. The van der Waals surface area contributed by atoms with E-state index in [1.165, 1.54) is 24.0 Å². The van der Waals surface area contributed by atoms with Crippen molar-refractivity contribution in [3.05, 3.63) is 48.0 Å². The summed E-state index contributed by atoms with van der Waals surface area (Å²) in [5.41, 5.74) is 2.57. The summed E-state index contributed by atoms with van der Waals surface area (Å²) < 4.78 is 8.19. The standard InChI is InChI=1S/C19H26N4O/c1-22-12-17(11-21-22)9-18-19(24-14-15-4-5-15)6-8-23(18)13-16-3-2-7-20-10-16/h2-3,7,10-12,15,18-19H,4-6,8-9,13-14H2,1H3/t18-,19-/m0/s1. The molecule has 0 spiro atoms. The van der Waals surface area contributed by atoms with Crippen LogP contribution in [0.4, 0.5) is 0 Å². The van der Waals surface area contributed by atoms with Crippen LogP contribution in [0.15, 0.2) is 36.9 Å². The summed E-state index contributed by atoms with van der Waals surface area (Å²) in [6.45, 7) is 2.98. The van der Waals surface area contributed by atoms with Crippen molar-refractivity contribution in [1.82, 2.24) is 19.7 Å². The number of aromatic nitrogens is 3. The molecule has 2 aromatic rings. The first-order valence-corrected chi connectivity index (χ1v) is 9.00. The molecule has 1 saturated carbocycles. The molecule has 0 amide bonds. The third kappa shape index (κ3) is 3.84. The summed E-state index contributed by atoms with van der Waals surface area (Å²) in [7, 11) is 1.98. The van der Waals surface area contributed by atoms with Gasteiger partial charge in [0.2, 0.25) is 0 Å². The lowest BCUT2D eigenvalue weighted by molar-refractivity contribution is 0.0196. The van der Waals surface area contributed by atoms with Gasteiger partial charge >= 0.3 is 0 Å². The summed E-state index contributed by atoms with van der Waals surface area (Å²) in [4.78, 5) is 6.81. The Kier molecular flexibility index (Phi) is 4.63. The van der Waals surface area contributed by atoms with Crippen LogP contribution in [0.1, 0.15) is 30.4 Å². The average Bonchev–Trinajstić information content (AvgIpc) is 3.23. The fraction of sp³-hybridized carbons (Fsp3) is 0.579. The molecule has 2 fully saturated rings. The van der Waals surface area contributed by atoms with E-state index in [0.717, 1.165) is 38.5 Å². The Balaban J connectivity index is 1.46. The fourth-order valence-corrected chi connectivity index (χ4v) is 3.63. The minimum Gasteiger partial charge on any atom is -0.376 e. The van der Waals surface area contributed by atoms with Crippen molar-refractivity contribution in [3.63, 3.8) is 0 Å². The monoisotopic (exact) mass is 326 g/mol. The summed E-state index contributed by atoms with van der Waals surface area (Å²) in [5.74, 6) is 0.816. The first-order chi connectivity index (χ1) is 11.8. The fourth-order valence-electron chi connectivity index (χ4n) is 3.63. The van der Waals surface area contributed by atoms with Crippen LogP contribution >= 0.6 is 0 Å². The summed E-state index contributed by atoms with van der Waals surface area (Å²) in [5, 5.41) is 4.32. The lowest BCUT2D eigenvalue weighted by Gasteiger charge is -2.28. The van der Waals surface area contributed by atoms with Gasteiger partial charge < -0.3 is 4.74 Å². The zero-order chi connectivity index (χ0) is 16.4. The van der Waals surface area contributed by atoms with Gasteiger partial charge in [0.15, 0.2) is 0 Å². The van der Waals surface area contributed by atoms with Crippen LogP contribution in [-0.4, -0.2) is 45.0 Å². The number of nitrogens with zero attached hydrogens (tertiary/aromatic N) is 4. The second kappa shape index (κ2) is 7.03. The maximum Gasteiger partial charge on any atom is 0.0745 e. The largest absolute Gasteiger partial charge is 0.376 e. The van der Waals surface area contributed by atoms with Crippen LogP contribution in [-0.2, 0) is 24.8 Å². The third-order valence-corrected chi connectivity index (χ3v) is 5.15. The van der Waals surface area contributed by atoms with Crippen molar-refractivity contribution in [3.8, 4) is 0 Å². The van der Waals surface area contributed by atoms with Crippen molar-refractivity contribution in [2.45, 2.75) is 44.4 Å². The Hall–Kier alpha value is -1.72. The molecule has 5 heteroatoms. The molecule has 2 aromatic heterocycles. The Morgan fingerprint density at radius 1 is 1.21 bits per heavy atom. The van der Waals surface area contributed by atoms with E-state index in [0.29, 0.717) is 12.1 Å². The topological polar surface area (TPSA) is 43.2 Å². The smallest absolute Gasteiger partial charge is 0.0745 e. The van der Waals surface area contributed by atoms with Crippen molar-refractivity contribution in [2.24, 2.45) is 13.0 Å². The zero-order valence-corrected chi connectivity index (χ0v) is 14.3. The number of pyridine rings is 1. The van der Waals surface area contributed by atoms with Gasteiger partial charge in [0.1, 0.15) is 0 Å². The lowest BCUT2D eigenvalue weighted by atomic mass is 10.0. The number of hydrogen-bond acceptors (Lipinski definition) is 4. The average molecular weight is 326 g/mol. The quantitative estimate of drug-likeness (QED) is 0.784. The first-order valence-electron chi connectivity index (χ1n) is 9.00. The molecule has 5 nitrogen and oxygen atoms in total. The van der Waals surface area contributed by atoms with Gasteiger partial charge in [-0.3, -0.25) is 14.6 Å². The second-order valence-corrected chi connectivity index (χ2v) is 7.23. The van der Waals surface area contributed by atoms with Gasteiger partial charge in [-0.1, -0.05) is 6.07 Å². The molecule has 1 saturated heterocycles. The number of rotatable bonds is 7. The van der Waals surface area contributed by atoms with E-state index < -0.39 is 0 Å². The predicted octanol–water partition coefficient (Wildman–Crippen LogP) is 2.43. The summed E-state index contributed by atoms with van der Waals surface area (Å²) in [6, 6.07) is 4.60. The SMILES string of the molecule is Cn1cc(C[C@H]2[C@@H](OCC3CC3)CCN2Cc2cccnc2)cn1. The van der Waals surface area contributed by atoms with Crippen LogP contribution in [0.2, 0.25) is 0 Å². The van der Waals surface area contributed by atoms with Crippen molar-refractivity contribution in [1.29, 1.82) is 0 Å². The predicted molar refractivity (Wildman–Crippen MR) is 92.4 cm³/mol. The van der Waals surface area contributed by atoms with E-state index in [4.69, 9.17) is 4.74 Å². The first kappa shape index (κ1) is 15.8. The number of likely N-dealkylation sites (tertiary alicyclic amines) is 1. The Morgan fingerprint density at radius 3 is 2.83 bits per heavy atom. The maximum atomic E-state index is 6.30. The molecule has 2 aliphatic rings. The van der Waals surface area contributed by atoms with Crippen molar-refractivity contribution >= 4 is 0 Å². The molecule has 4 rings (SSSR count). The number of aryl methyl sites for hydroxylation is 1. The number of ether oxygens (including phenoxy) is 1. The Labute approximate surface area is 143 Å². The molecule has 3 heterocycles. The van der Waals surface area contributed by atoms with Gasteiger partial charge in [-0.25, -0.2) is 0 Å². The highest BCUT2D eigenvalue weighted by atomic mass is 16.5. The molecule has 1 aliphatic heterocycles. The lowest BCUT2D eigenvalue weighted by Crippen LogP contribution is -2.38. The maximum absolute atomic E-state index is 6.30. The molecule has 128 valence electrons. The minimum atomic E-state index is 0.336. The molecule has 0 radical (unpaired) electrons.